The largest absolute Gasteiger partial charge is 0.465 e. The van der Waals surface area contributed by atoms with Crippen LogP contribution in [0.1, 0.15) is 62.0 Å². The van der Waals surface area contributed by atoms with Crippen LogP contribution in [-0.4, -0.2) is 39.3 Å². The van der Waals surface area contributed by atoms with Crippen molar-refractivity contribution in [1.82, 2.24) is 25.5 Å². The zero-order chi connectivity index (χ0) is 23.3. The number of hydrogen-bond donors (Lipinski definition) is 1. The molecule has 0 bridgehead atoms. The summed E-state index contributed by atoms with van der Waals surface area (Å²) >= 11 is 12.8. The third-order valence-electron chi connectivity index (χ3n) is 6.13. The highest BCUT2D eigenvalue weighted by molar-refractivity contribution is 6.31. The van der Waals surface area contributed by atoms with Crippen LogP contribution in [0.2, 0.25) is 10.0 Å². The van der Waals surface area contributed by atoms with Gasteiger partial charge in [0, 0.05) is 10.0 Å². The van der Waals surface area contributed by atoms with Crippen molar-refractivity contribution < 1.29 is 9.53 Å². The number of carbonyl (C=O) groups is 1. The number of nitrogens with zero attached hydrogens (tertiary/aromatic N) is 4. The molecule has 1 aliphatic rings. The lowest BCUT2D eigenvalue weighted by atomic mass is 9.80. The molecular formula is C24H27Cl2N5O2. The van der Waals surface area contributed by atoms with Crippen molar-refractivity contribution in [2.24, 2.45) is 0 Å². The van der Waals surface area contributed by atoms with Gasteiger partial charge in [0.05, 0.1) is 18.7 Å². The molecule has 1 saturated carbocycles. The van der Waals surface area contributed by atoms with Crippen LogP contribution in [0.4, 0.5) is 0 Å². The Labute approximate surface area is 203 Å². The van der Waals surface area contributed by atoms with E-state index < -0.39 is 5.54 Å². The third-order valence-corrected chi connectivity index (χ3v) is 6.73. The molecule has 1 heterocycles. The number of rotatable bonds is 8. The first kappa shape index (κ1) is 23.7. The van der Waals surface area contributed by atoms with E-state index in [9.17, 15) is 4.79 Å². The fourth-order valence-corrected chi connectivity index (χ4v) is 4.93. The van der Waals surface area contributed by atoms with Gasteiger partial charge in [-0.15, -0.1) is 5.10 Å². The fourth-order valence-electron chi connectivity index (χ4n) is 4.57. The monoisotopic (exact) mass is 487 g/mol. The van der Waals surface area contributed by atoms with Gasteiger partial charge in [0.25, 0.3) is 0 Å². The number of carbonyl (C=O) groups excluding carboxylic acids is 1. The lowest BCUT2D eigenvalue weighted by molar-refractivity contribution is -0.142. The Hall–Kier alpha value is -2.48. The molecule has 1 aromatic heterocycles. The molecule has 33 heavy (non-hydrogen) atoms. The second-order valence-corrected chi connectivity index (χ2v) is 9.07. The molecule has 9 heteroatoms. The summed E-state index contributed by atoms with van der Waals surface area (Å²) in [7, 11) is 0. The molecule has 0 amide bonds. The van der Waals surface area contributed by atoms with Crippen molar-refractivity contribution in [3.05, 3.63) is 75.5 Å². The van der Waals surface area contributed by atoms with Crippen molar-refractivity contribution in [3.63, 3.8) is 0 Å². The number of nitrogens with one attached hydrogen (secondary N) is 1. The van der Waals surface area contributed by atoms with E-state index in [-0.39, 0.29) is 18.6 Å². The number of esters is 1. The van der Waals surface area contributed by atoms with Crippen molar-refractivity contribution in [2.75, 3.05) is 13.2 Å². The number of hydrogen-bond acceptors (Lipinski definition) is 6. The lowest BCUT2D eigenvalue weighted by Crippen LogP contribution is -2.48. The Morgan fingerprint density at radius 3 is 2.55 bits per heavy atom. The molecule has 1 aliphatic carbocycles. The normalized spacial score (nSPS) is 16.3. The molecule has 0 spiro atoms. The van der Waals surface area contributed by atoms with E-state index in [2.05, 4.69) is 20.8 Å². The van der Waals surface area contributed by atoms with E-state index in [1.807, 2.05) is 53.2 Å². The molecule has 3 aromatic rings. The summed E-state index contributed by atoms with van der Waals surface area (Å²) in [6, 6.07) is 14.9. The summed E-state index contributed by atoms with van der Waals surface area (Å²) < 4.78 is 6.98. The summed E-state index contributed by atoms with van der Waals surface area (Å²) in [6.07, 6.45) is 4.81. The Morgan fingerprint density at radius 2 is 1.85 bits per heavy atom. The molecule has 0 unspecified atom stereocenters. The van der Waals surface area contributed by atoms with E-state index in [0.29, 0.717) is 22.5 Å². The van der Waals surface area contributed by atoms with Gasteiger partial charge in [0.2, 0.25) is 0 Å². The molecule has 0 radical (unpaired) electrons. The summed E-state index contributed by atoms with van der Waals surface area (Å²) in [6.45, 7) is 2.24. The van der Waals surface area contributed by atoms with Gasteiger partial charge in [-0.25, -0.2) is 4.68 Å². The minimum atomic E-state index is -0.541. The van der Waals surface area contributed by atoms with Crippen LogP contribution in [0.3, 0.4) is 0 Å². The molecule has 174 valence electrons. The van der Waals surface area contributed by atoms with Gasteiger partial charge in [-0.3, -0.25) is 10.1 Å². The predicted octanol–water partition coefficient (Wildman–Crippen LogP) is 4.93. The minimum absolute atomic E-state index is 0.0956. The van der Waals surface area contributed by atoms with Crippen molar-refractivity contribution in [2.45, 2.75) is 50.6 Å². The minimum Gasteiger partial charge on any atom is -0.465 e. The molecule has 0 aliphatic heterocycles. The highest BCUT2D eigenvalue weighted by Crippen LogP contribution is 2.39. The van der Waals surface area contributed by atoms with E-state index in [4.69, 9.17) is 27.9 Å². The maximum Gasteiger partial charge on any atom is 0.319 e. The van der Waals surface area contributed by atoms with Crippen LogP contribution >= 0.6 is 23.2 Å². The first-order valence-electron chi connectivity index (χ1n) is 11.2. The first-order chi connectivity index (χ1) is 16.0. The molecular weight excluding hydrogens is 461 g/mol. The van der Waals surface area contributed by atoms with E-state index >= 15 is 0 Å². The molecule has 1 N–H and O–H groups in total. The average molecular weight is 488 g/mol. The van der Waals surface area contributed by atoms with Crippen LogP contribution in [0.15, 0.2) is 48.5 Å². The number of aromatic nitrogens is 4. The van der Waals surface area contributed by atoms with E-state index in [1.165, 1.54) is 0 Å². The number of benzene rings is 2. The molecule has 2 aromatic carbocycles. The van der Waals surface area contributed by atoms with Gasteiger partial charge in [-0.2, -0.15) is 0 Å². The SMILES string of the molecule is CCOC(=O)CNC1(c2nnnn2[C@H](c2ccc(Cl)cc2)c2ccccc2Cl)CCCCC1. The molecule has 7 nitrogen and oxygen atoms in total. The lowest BCUT2D eigenvalue weighted by Gasteiger charge is -2.37. The van der Waals surface area contributed by atoms with Crippen molar-refractivity contribution in [3.8, 4) is 0 Å². The summed E-state index contributed by atoms with van der Waals surface area (Å²) in [5.74, 6) is 0.396. The smallest absolute Gasteiger partial charge is 0.319 e. The van der Waals surface area contributed by atoms with Gasteiger partial charge in [-0.1, -0.05) is 72.8 Å². The third kappa shape index (κ3) is 5.21. The Morgan fingerprint density at radius 1 is 1.12 bits per heavy atom. The summed E-state index contributed by atoms with van der Waals surface area (Å²) in [5, 5.41) is 17.7. The Bertz CT molecular complexity index is 1080. The van der Waals surface area contributed by atoms with Crippen molar-refractivity contribution >= 4 is 29.2 Å². The fraction of sp³-hybridized carbons (Fsp3) is 0.417. The van der Waals surface area contributed by atoms with Gasteiger partial charge >= 0.3 is 5.97 Å². The number of ether oxygens (including phenoxy) is 1. The second kappa shape index (κ2) is 10.6. The van der Waals surface area contributed by atoms with Gasteiger partial charge in [0.1, 0.15) is 6.04 Å². The van der Waals surface area contributed by atoms with Gasteiger partial charge < -0.3 is 4.74 Å². The maximum atomic E-state index is 12.2. The van der Waals surface area contributed by atoms with Crippen molar-refractivity contribution in [1.29, 1.82) is 0 Å². The second-order valence-electron chi connectivity index (χ2n) is 8.22. The first-order valence-corrected chi connectivity index (χ1v) is 12.0. The molecule has 1 fully saturated rings. The van der Waals surface area contributed by atoms with Gasteiger partial charge in [-0.05, 0) is 59.5 Å². The van der Waals surface area contributed by atoms with Gasteiger partial charge in [0.15, 0.2) is 5.82 Å². The average Bonchev–Trinajstić information content (AvgIpc) is 3.31. The standard InChI is InChI=1S/C24H27Cl2N5O2/c1-2-33-21(32)16-27-24(14-6-3-7-15-24)23-28-29-30-31(23)22(17-10-12-18(25)13-11-17)19-8-4-5-9-20(19)26/h4-5,8-13,22,27H,2-3,6-7,14-16H2,1H3/t22-/m1/s1. The topological polar surface area (TPSA) is 81.9 Å². The van der Waals surface area contributed by atoms with E-state index in [1.54, 1.807) is 6.92 Å². The molecule has 1 atom stereocenters. The predicted molar refractivity (Wildman–Crippen MR) is 127 cm³/mol. The molecule has 0 saturated heterocycles. The summed E-state index contributed by atoms with van der Waals surface area (Å²) in [4.78, 5) is 12.2. The zero-order valence-electron chi connectivity index (χ0n) is 18.5. The Kier molecular flexibility index (Phi) is 7.63. The number of halogens is 2. The Balaban J connectivity index is 1.80. The molecule has 4 rings (SSSR count). The quantitative estimate of drug-likeness (QED) is 0.453. The van der Waals surface area contributed by atoms with Crippen LogP contribution < -0.4 is 5.32 Å². The highest BCUT2D eigenvalue weighted by Gasteiger charge is 2.41. The van der Waals surface area contributed by atoms with E-state index in [0.717, 1.165) is 43.2 Å². The maximum absolute atomic E-state index is 12.2. The highest BCUT2D eigenvalue weighted by atomic mass is 35.5. The van der Waals surface area contributed by atoms with Crippen LogP contribution in [-0.2, 0) is 15.1 Å². The number of tetrazole rings is 1. The summed E-state index contributed by atoms with van der Waals surface area (Å²) in [5.41, 5.74) is 1.30. The zero-order valence-corrected chi connectivity index (χ0v) is 20.0. The van der Waals surface area contributed by atoms with Crippen LogP contribution in [0, 0.1) is 0 Å². The van der Waals surface area contributed by atoms with Crippen LogP contribution in [0.5, 0.6) is 0 Å². The van der Waals surface area contributed by atoms with Crippen LogP contribution in [0.25, 0.3) is 0 Å².